The topological polar surface area (TPSA) is 110 Å². The van der Waals surface area contributed by atoms with Gasteiger partial charge in [0.25, 0.3) is 0 Å². The fourth-order valence-electron chi connectivity index (χ4n) is 3.89. The van der Waals surface area contributed by atoms with E-state index in [9.17, 15) is 18.0 Å². The molecule has 1 aliphatic heterocycles. The number of primary amides is 1. The monoisotopic (exact) mass is 451 g/mol. The Labute approximate surface area is 183 Å². The van der Waals surface area contributed by atoms with Crippen LogP contribution in [0, 0.1) is 0 Å². The molecule has 0 spiro atoms. The number of likely N-dealkylation sites (tertiary alicyclic amines) is 1. The summed E-state index contributed by atoms with van der Waals surface area (Å²) in [4.78, 5) is 26.7. The molecule has 0 aliphatic carbocycles. The SMILES string of the molecule is CS(=O)(=O)N[C@@H](C(=O)N1CCCC1C(N)=O)C(c1ccccc1)c1ccccc1.Cl. The molecule has 2 aromatic carbocycles. The normalized spacial score (nSPS) is 17.4. The second kappa shape index (κ2) is 10.1. The molecule has 0 aromatic heterocycles. The van der Waals surface area contributed by atoms with E-state index in [2.05, 4.69) is 4.72 Å². The molecule has 2 atom stereocenters. The Balaban J connectivity index is 0.00000320. The number of nitrogens with one attached hydrogen (secondary N) is 1. The summed E-state index contributed by atoms with van der Waals surface area (Å²) in [5.74, 6) is -1.59. The molecule has 0 saturated carbocycles. The van der Waals surface area contributed by atoms with Crippen LogP contribution in [0.5, 0.6) is 0 Å². The molecule has 1 heterocycles. The van der Waals surface area contributed by atoms with Gasteiger partial charge in [-0.2, -0.15) is 0 Å². The van der Waals surface area contributed by atoms with Crippen LogP contribution in [-0.2, 0) is 19.6 Å². The summed E-state index contributed by atoms with van der Waals surface area (Å²) in [7, 11) is -3.71. The van der Waals surface area contributed by atoms with E-state index < -0.39 is 39.8 Å². The van der Waals surface area contributed by atoms with E-state index in [0.29, 0.717) is 19.4 Å². The molecule has 162 valence electrons. The molecular weight excluding hydrogens is 426 g/mol. The van der Waals surface area contributed by atoms with Gasteiger partial charge in [0.15, 0.2) is 0 Å². The Kier molecular flexibility index (Phi) is 8.00. The number of carbonyl (C=O) groups excluding carboxylic acids is 2. The Bertz CT molecular complexity index is 931. The van der Waals surface area contributed by atoms with E-state index in [0.717, 1.165) is 17.4 Å². The van der Waals surface area contributed by atoms with E-state index >= 15 is 0 Å². The number of hydrogen-bond donors (Lipinski definition) is 2. The minimum atomic E-state index is -3.71. The fraction of sp³-hybridized carbons (Fsp3) is 0.333. The first-order valence-electron chi connectivity index (χ1n) is 9.45. The first-order chi connectivity index (χ1) is 13.8. The van der Waals surface area contributed by atoms with Crippen LogP contribution in [0.3, 0.4) is 0 Å². The van der Waals surface area contributed by atoms with Crippen molar-refractivity contribution in [3.05, 3.63) is 71.8 Å². The summed E-state index contributed by atoms with van der Waals surface area (Å²) in [5, 5.41) is 0. The quantitative estimate of drug-likeness (QED) is 0.666. The van der Waals surface area contributed by atoms with Gasteiger partial charge in [-0.3, -0.25) is 9.59 Å². The molecule has 1 unspecified atom stereocenters. The molecule has 2 amide bonds. The highest BCUT2D eigenvalue weighted by molar-refractivity contribution is 7.88. The maximum Gasteiger partial charge on any atom is 0.242 e. The number of halogens is 1. The van der Waals surface area contributed by atoms with Crippen LogP contribution in [0.25, 0.3) is 0 Å². The van der Waals surface area contributed by atoms with Crippen molar-refractivity contribution in [1.82, 2.24) is 9.62 Å². The van der Waals surface area contributed by atoms with E-state index in [1.165, 1.54) is 4.90 Å². The predicted molar refractivity (Wildman–Crippen MR) is 118 cm³/mol. The lowest BCUT2D eigenvalue weighted by atomic mass is 9.84. The van der Waals surface area contributed by atoms with Gasteiger partial charge in [0.1, 0.15) is 12.1 Å². The first-order valence-corrected chi connectivity index (χ1v) is 11.3. The van der Waals surface area contributed by atoms with Gasteiger partial charge in [0, 0.05) is 12.5 Å². The third-order valence-electron chi connectivity index (χ3n) is 5.12. The third kappa shape index (κ3) is 5.59. The van der Waals surface area contributed by atoms with Gasteiger partial charge >= 0.3 is 0 Å². The Hall–Kier alpha value is -2.42. The number of rotatable bonds is 7. The molecular formula is C21H26ClN3O4S. The van der Waals surface area contributed by atoms with Crippen LogP contribution < -0.4 is 10.5 Å². The van der Waals surface area contributed by atoms with Gasteiger partial charge in [0.05, 0.1) is 6.26 Å². The number of sulfonamides is 1. The van der Waals surface area contributed by atoms with Crippen molar-refractivity contribution in [3.63, 3.8) is 0 Å². The van der Waals surface area contributed by atoms with Crippen molar-refractivity contribution in [2.24, 2.45) is 5.73 Å². The lowest BCUT2D eigenvalue weighted by Gasteiger charge is -2.32. The van der Waals surface area contributed by atoms with Crippen molar-refractivity contribution >= 4 is 34.2 Å². The number of hydrogen-bond acceptors (Lipinski definition) is 4. The highest BCUT2D eigenvalue weighted by Crippen LogP contribution is 2.31. The predicted octanol–water partition coefficient (Wildman–Crippen LogP) is 1.63. The largest absolute Gasteiger partial charge is 0.368 e. The molecule has 1 saturated heterocycles. The van der Waals surface area contributed by atoms with Gasteiger partial charge in [-0.15, -0.1) is 12.4 Å². The number of nitrogens with zero attached hydrogens (tertiary/aromatic N) is 1. The van der Waals surface area contributed by atoms with Crippen molar-refractivity contribution < 1.29 is 18.0 Å². The van der Waals surface area contributed by atoms with E-state index in [4.69, 9.17) is 5.73 Å². The summed E-state index contributed by atoms with van der Waals surface area (Å²) in [6, 6.07) is 16.7. The second-order valence-electron chi connectivity index (χ2n) is 7.26. The lowest BCUT2D eigenvalue weighted by Crippen LogP contribution is -2.54. The average Bonchev–Trinajstić information content (AvgIpc) is 3.18. The van der Waals surface area contributed by atoms with Crippen LogP contribution in [0.4, 0.5) is 0 Å². The highest BCUT2D eigenvalue weighted by Gasteiger charge is 2.41. The molecule has 2 aromatic rings. The van der Waals surface area contributed by atoms with Gasteiger partial charge in [0.2, 0.25) is 21.8 Å². The molecule has 1 aliphatic rings. The van der Waals surface area contributed by atoms with E-state index in [-0.39, 0.29) is 12.4 Å². The smallest absolute Gasteiger partial charge is 0.242 e. The zero-order chi connectivity index (χ0) is 21.0. The maximum absolute atomic E-state index is 13.5. The van der Waals surface area contributed by atoms with Crippen LogP contribution >= 0.6 is 12.4 Å². The molecule has 1 fully saturated rings. The highest BCUT2D eigenvalue weighted by atomic mass is 35.5. The molecule has 3 rings (SSSR count). The van der Waals surface area contributed by atoms with Crippen LogP contribution in [0.2, 0.25) is 0 Å². The van der Waals surface area contributed by atoms with Gasteiger partial charge in [-0.25, -0.2) is 13.1 Å². The van der Waals surface area contributed by atoms with Crippen LogP contribution in [-0.4, -0.2) is 50.0 Å². The van der Waals surface area contributed by atoms with Crippen LogP contribution in [0.15, 0.2) is 60.7 Å². The molecule has 3 N–H and O–H groups in total. The zero-order valence-electron chi connectivity index (χ0n) is 16.6. The summed E-state index contributed by atoms with van der Waals surface area (Å²) in [6.07, 6.45) is 2.15. The lowest BCUT2D eigenvalue weighted by molar-refractivity contribution is -0.138. The summed E-state index contributed by atoms with van der Waals surface area (Å²) in [6.45, 7) is 0.366. The standard InChI is InChI=1S/C21H25N3O4S.ClH/c1-29(27,28)23-19(21(26)24-14-8-13-17(24)20(22)25)18(15-9-4-2-5-10-15)16-11-6-3-7-12-16;/h2-7,9-12,17-19,23H,8,13-14H2,1H3,(H2,22,25);1H/t17?,19-;/m1./s1. The van der Waals surface area contributed by atoms with Gasteiger partial charge in [-0.05, 0) is 24.0 Å². The first kappa shape index (κ1) is 23.9. The number of nitrogens with two attached hydrogens (primary N) is 1. The van der Waals surface area contributed by atoms with E-state index in [1.807, 2.05) is 60.7 Å². The van der Waals surface area contributed by atoms with Gasteiger partial charge in [-0.1, -0.05) is 60.7 Å². The third-order valence-corrected chi connectivity index (χ3v) is 5.80. The van der Waals surface area contributed by atoms with Crippen molar-refractivity contribution in [2.45, 2.75) is 30.8 Å². The molecule has 30 heavy (non-hydrogen) atoms. The molecule has 0 radical (unpaired) electrons. The maximum atomic E-state index is 13.5. The van der Waals surface area contributed by atoms with Crippen LogP contribution in [0.1, 0.15) is 29.9 Å². The summed E-state index contributed by atoms with van der Waals surface area (Å²) in [5.41, 5.74) is 7.07. The number of amides is 2. The summed E-state index contributed by atoms with van der Waals surface area (Å²) >= 11 is 0. The molecule has 7 nitrogen and oxygen atoms in total. The minimum absolute atomic E-state index is 0. The van der Waals surface area contributed by atoms with Gasteiger partial charge < -0.3 is 10.6 Å². The fourth-order valence-corrected chi connectivity index (χ4v) is 4.59. The van der Waals surface area contributed by atoms with Crippen molar-refractivity contribution in [1.29, 1.82) is 0 Å². The average molecular weight is 452 g/mol. The number of carbonyl (C=O) groups is 2. The van der Waals surface area contributed by atoms with Crippen molar-refractivity contribution in [2.75, 3.05) is 12.8 Å². The molecule has 9 heteroatoms. The minimum Gasteiger partial charge on any atom is -0.368 e. The second-order valence-corrected chi connectivity index (χ2v) is 9.04. The zero-order valence-corrected chi connectivity index (χ0v) is 18.2. The number of benzene rings is 2. The van der Waals surface area contributed by atoms with E-state index in [1.54, 1.807) is 0 Å². The Morgan fingerprint density at radius 3 is 1.97 bits per heavy atom. The Morgan fingerprint density at radius 1 is 1.03 bits per heavy atom. The molecule has 0 bridgehead atoms. The summed E-state index contributed by atoms with van der Waals surface area (Å²) < 4.78 is 26.9. The Morgan fingerprint density at radius 2 is 1.53 bits per heavy atom. The van der Waals surface area contributed by atoms with Crippen molar-refractivity contribution in [3.8, 4) is 0 Å².